The van der Waals surface area contributed by atoms with E-state index in [4.69, 9.17) is 0 Å². The molecule has 1 aromatic carbocycles. The number of carbonyl (C=O) groups is 1. The lowest BCUT2D eigenvalue weighted by Crippen LogP contribution is -2.38. The minimum Gasteiger partial charge on any atom is -0.374 e. The zero-order valence-electron chi connectivity index (χ0n) is 12.8. The van der Waals surface area contributed by atoms with Crippen molar-refractivity contribution in [2.75, 3.05) is 23.3 Å². The lowest BCUT2D eigenvalue weighted by atomic mass is 10.1. The van der Waals surface area contributed by atoms with Gasteiger partial charge in [-0.05, 0) is 57.2 Å². The lowest BCUT2D eigenvalue weighted by molar-refractivity contribution is -0.121. The molecular weight excluding hydrogens is 262 g/mol. The molecule has 1 heterocycles. The summed E-state index contributed by atoms with van der Waals surface area (Å²) in [5.74, 6) is 0.0980. The molecule has 0 radical (unpaired) electrons. The Morgan fingerprint density at radius 3 is 2.71 bits per heavy atom. The molecule has 0 spiro atoms. The third kappa shape index (κ3) is 3.90. The summed E-state index contributed by atoms with van der Waals surface area (Å²) in [4.78, 5) is 14.4. The summed E-state index contributed by atoms with van der Waals surface area (Å²) in [6.07, 6.45) is 6.15. The third-order valence-electron chi connectivity index (χ3n) is 4.27. The van der Waals surface area contributed by atoms with Crippen LogP contribution in [0, 0.1) is 0 Å². The van der Waals surface area contributed by atoms with Crippen molar-refractivity contribution in [3.63, 3.8) is 0 Å². The van der Waals surface area contributed by atoms with E-state index in [1.807, 2.05) is 13.0 Å². The van der Waals surface area contributed by atoms with Crippen molar-refractivity contribution >= 4 is 17.3 Å². The van der Waals surface area contributed by atoms with Crippen molar-refractivity contribution in [1.82, 2.24) is 5.32 Å². The molecule has 21 heavy (non-hydrogen) atoms. The van der Waals surface area contributed by atoms with Crippen LogP contribution < -0.4 is 15.5 Å². The third-order valence-corrected chi connectivity index (χ3v) is 4.27. The fraction of sp³-hybridized carbons (Fsp3) is 0.588. The number of hydrogen-bond donors (Lipinski definition) is 2. The molecule has 1 amide bonds. The maximum atomic E-state index is 12.0. The maximum Gasteiger partial charge on any atom is 0.242 e. The van der Waals surface area contributed by atoms with Crippen molar-refractivity contribution in [2.45, 2.75) is 51.1 Å². The number of piperidine rings is 1. The number of rotatable bonds is 5. The molecule has 114 valence electrons. The van der Waals surface area contributed by atoms with Gasteiger partial charge in [-0.15, -0.1) is 0 Å². The molecule has 0 aromatic heterocycles. The average Bonchev–Trinajstić information content (AvgIpc) is 3.32. The Balaban J connectivity index is 1.60. The molecule has 2 aliphatic rings. The molecular formula is C17H25N3O. The van der Waals surface area contributed by atoms with Crippen LogP contribution in [-0.4, -0.2) is 31.1 Å². The lowest BCUT2D eigenvalue weighted by Gasteiger charge is -2.29. The van der Waals surface area contributed by atoms with Gasteiger partial charge < -0.3 is 15.5 Å². The van der Waals surface area contributed by atoms with Crippen LogP contribution in [0.1, 0.15) is 39.0 Å². The molecule has 0 unspecified atom stereocenters. The number of carbonyl (C=O) groups excluding carboxylic acids is 1. The van der Waals surface area contributed by atoms with Crippen LogP contribution in [0.2, 0.25) is 0 Å². The predicted octanol–water partition coefficient (Wildman–Crippen LogP) is 2.76. The molecule has 3 rings (SSSR count). The molecule has 1 aliphatic heterocycles. The maximum absolute atomic E-state index is 12.0. The molecule has 4 heteroatoms. The van der Waals surface area contributed by atoms with Crippen LogP contribution in [0.5, 0.6) is 0 Å². The van der Waals surface area contributed by atoms with Crippen molar-refractivity contribution in [3.8, 4) is 0 Å². The SMILES string of the molecule is C[C@H](Nc1cccc(N2CCCCC2)c1)C(=O)NC1CC1. The van der Waals surface area contributed by atoms with E-state index in [9.17, 15) is 4.79 Å². The number of amides is 1. The first kappa shape index (κ1) is 14.2. The Bertz CT molecular complexity index is 493. The summed E-state index contributed by atoms with van der Waals surface area (Å²) in [7, 11) is 0. The van der Waals surface area contributed by atoms with Gasteiger partial charge in [0.15, 0.2) is 0 Å². The molecule has 4 nitrogen and oxygen atoms in total. The van der Waals surface area contributed by atoms with E-state index in [0.717, 1.165) is 31.6 Å². The van der Waals surface area contributed by atoms with Crippen LogP contribution in [-0.2, 0) is 4.79 Å². The van der Waals surface area contributed by atoms with Gasteiger partial charge in [0.2, 0.25) is 5.91 Å². The monoisotopic (exact) mass is 287 g/mol. The van der Waals surface area contributed by atoms with E-state index in [1.54, 1.807) is 0 Å². The van der Waals surface area contributed by atoms with Crippen LogP contribution in [0.25, 0.3) is 0 Å². The van der Waals surface area contributed by atoms with Gasteiger partial charge in [0, 0.05) is 30.5 Å². The first-order valence-corrected chi connectivity index (χ1v) is 8.14. The van der Waals surface area contributed by atoms with Crippen molar-refractivity contribution in [3.05, 3.63) is 24.3 Å². The summed E-state index contributed by atoms with van der Waals surface area (Å²) < 4.78 is 0. The Morgan fingerprint density at radius 1 is 1.24 bits per heavy atom. The van der Waals surface area contributed by atoms with Gasteiger partial charge in [0.25, 0.3) is 0 Å². The van der Waals surface area contributed by atoms with Crippen LogP contribution in [0.15, 0.2) is 24.3 Å². The van der Waals surface area contributed by atoms with Gasteiger partial charge >= 0.3 is 0 Å². The topological polar surface area (TPSA) is 44.4 Å². The zero-order chi connectivity index (χ0) is 14.7. The highest BCUT2D eigenvalue weighted by molar-refractivity contribution is 5.84. The summed E-state index contributed by atoms with van der Waals surface area (Å²) in [6.45, 7) is 4.20. The molecule has 1 atom stereocenters. The van der Waals surface area contributed by atoms with Gasteiger partial charge in [-0.3, -0.25) is 4.79 Å². The molecule has 1 saturated heterocycles. The molecule has 1 saturated carbocycles. The normalized spacial score (nSPS) is 20.0. The Kier molecular flexibility index (Phi) is 4.32. The van der Waals surface area contributed by atoms with Gasteiger partial charge in [-0.2, -0.15) is 0 Å². The minimum absolute atomic E-state index is 0.0980. The van der Waals surface area contributed by atoms with E-state index in [0.29, 0.717) is 6.04 Å². The van der Waals surface area contributed by atoms with E-state index in [1.165, 1.54) is 24.9 Å². The van der Waals surface area contributed by atoms with E-state index >= 15 is 0 Å². The largest absolute Gasteiger partial charge is 0.374 e. The Labute approximate surface area is 126 Å². The van der Waals surface area contributed by atoms with E-state index in [2.05, 4.69) is 33.7 Å². The summed E-state index contributed by atoms with van der Waals surface area (Å²) in [5, 5.41) is 6.36. The second kappa shape index (κ2) is 6.37. The molecule has 1 aromatic rings. The van der Waals surface area contributed by atoms with Crippen LogP contribution >= 0.6 is 0 Å². The van der Waals surface area contributed by atoms with E-state index in [-0.39, 0.29) is 11.9 Å². The van der Waals surface area contributed by atoms with Gasteiger partial charge in [-0.1, -0.05) is 6.07 Å². The predicted molar refractivity (Wildman–Crippen MR) is 86.8 cm³/mol. The molecule has 2 fully saturated rings. The number of anilines is 2. The van der Waals surface area contributed by atoms with Crippen molar-refractivity contribution < 1.29 is 4.79 Å². The fourth-order valence-corrected chi connectivity index (χ4v) is 2.81. The first-order chi connectivity index (χ1) is 10.2. The Hall–Kier alpha value is -1.71. The van der Waals surface area contributed by atoms with Gasteiger partial charge in [0.1, 0.15) is 6.04 Å². The average molecular weight is 287 g/mol. The van der Waals surface area contributed by atoms with Crippen LogP contribution in [0.4, 0.5) is 11.4 Å². The summed E-state index contributed by atoms with van der Waals surface area (Å²) in [5.41, 5.74) is 2.28. The van der Waals surface area contributed by atoms with Gasteiger partial charge in [-0.25, -0.2) is 0 Å². The minimum atomic E-state index is -0.192. The first-order valence-electron chi connectivity index (χ1n) is 8.14. The van der Waals surface area contributed by atoms with E-state index < -0.39 is 0 Å². The van der Waals surface area contributed by atoms with Gasteiger partial charge in [0.05, 0.1) is 0 Å². The molecule has 0 bridgehead atoms. The number of hydrogen-bond acceptors (Lipinski definition) is 3. The smallest absolute Gasteiger partial charge is 0.242 e. The molecule has 2 N–H and O–H groups in total. The second-order valence-corrected chi connectivity index (χ2v) is 6.25. The van der Waals surface area contributed by atoms with Crippen molar-refractivity contribution in [1.29, 1.82) is 0 Å². The number of nitrogens with zero attached hydrogens (tertiary/aromatic N) is 1. The highest BCUT2D eigenvalue weighted by Crippen LogP contribution is 2.23. The molecule has 1 aliphatic carbocycles. The number of benzene rings is 1. The second-order valence-electron chi connectivity index (χ2n) is 6.25. The fourth-order valence-electron chi connectivity index (χ4n) is 2.81. The highest BCUT2D eigenvalue weighted by Gasteiger charge is 2.25. The number of nitrogens with one attached hydrogen (secondary N) is 2. The van der Waals surface area contributed by atoms with Crippen molar-refractivity contribution in [2.24, 2.45) is 0 Å². The zero-order valence-corrected chi connectivity index (χ0v) is 12.8. The summed E-state index contributed by atoms with van der Waals surface area (Å²) >= 11 is 0. The highest BCUT2D eigenvalue weighted by atomic mass is 16.2. The van der Waals surface area contributed by atoms with Crippen LogP contribution in [0.3, 0.4) is 0 Å². The quantitative estimate of drug-likeness (QED) is 0.875. The standard InChI is InChI=1S/C17H25N3O/c1-13(17(21)19-14-8-9-14)18-15-6-5-7-16(12-15)20-10-3-2-4-11-20/h5-7,12-14,18H,2-4,8-11H2,1H3,(H,19,21)/t13-/m0/s1. The summed E-state index contributed by atoms with van der Waals surface area (Å²) in [6, 6.07) is 8.65. The Morgan fingerprint density at radius 2 is 2.00 bits per heavy atom.